The first kappa shape index (κ1) is 10.8. The monoisotopic (exact) mass is 218 g/mol. The first-order valence-corrected chi connectivity index (χ1v) is 5.29. The van der Waals surface area contributed by atoms with Crippen molar-refractivity contribution in [3.05, 3.63) is 23.8 Å². The number of hydrogen-bond acceptors (Lipinski definition) is 4. The fraction of sp³-hybridized carbons (Fsp3) is 0.417. The predicted molar refractivity (Wildman–Crippen MR) is 59.1 cm³/mol. The highest BCUT2D eigenvalue weighted by Gasteiger charge is 2.16. The maximum absolute atomic E-state index is 8.55. The standard InChI is InChI=1S/C12H14N2O2/c1-9(5-6-13)14-7-10-3-2-4-11-12(10)16-8-15-11/h2-4,9,14H,5,7-8H2,1H3. The molecule has 0 bridgehead atoms. The van der Waals surface area contributed by atoms with Crippen LogP contribution in [0.15, 0.2) is 18.2 Å². The molecule has 1 atom stereocenters. The minimum Gasteiger partial charge on any atom is -0.454 e. The van der Waals surface area contributed by atoms with Crippen molar-refractivity contribution in [2.24, 2.45) is 0 Å². The Hall–Kier alpha value is -1.73. The van der Waals surface area contributed by atoms with Crippen molar-refractivity contribution >= 4 is 0 Å². The largest absolute Gasteiger partial charge is 0.454 e. The van der Waals surface area contributed by atoms with Gasteiger partial charge < -0.3 is 14.8 Å². The predicted octanol–water partition coefficient (Wildman–Crippen LogP) is 1.81. The Balaban J connectivity index is 2.00. The SMILES string of the molecule is CC(CC#N)NCc1cccc2c1OCO2. The molecule has 1 unspecified atom stereocenters. The lowest BCUT2D eigenvalue weighted by Gasteiger charge is -2.11. The number of nitrogens with zero attached hydrogens (tertiary/aromatic N) is 1. The number of nitriles is 1. The Bertz CT molecular complexity index is 412. The highest BCUT2D eigenvalue weighted by Crippen LogP contribution is 2.35. The van der Waals surface area contributed by atoms with Gasteiger partial charge in [-0.1, -0.05) is 12.1 Å². The molecule has 0 fully saturated rings. The maximum Gasteiger partial charge on any atom is 0.231 e. The van der Waals surface area contributed by atoms with Crippen molar-refractivity contribution in [1.29, 1.82) is 5.26 Å². The summed E-state index contributed by atoms with van der Waals surface area (Å²) in [5.74, 6) is 1.62. The Morgan fingerprint density at radius 3 is 3.19 bits per heavy atom. The van der Waals surface area contributed by atoms with Gasteiger partial charge in [-0.2, -0.15) is 5.26 Å². The smallest absolute Gasteiger partial charge is 0.231 e. The maximum atomic E-state index is 8.55. The van der Waals surface area contributed by atoms with Crippen molar-refractivity contribution in [3.63, 3.8) is 0 Å². The van der Waals surface area contributed by atoms with Crippen LogP contribution >= 0.6 is 0 Å². The van der Waals surface area contributed by atoms with Crippen molar-refractivity contribution in [2.45, 2.75) is 25.9 Å². The highest BCUT2D eigenvalue weighted by molar-refractivity contribution is 5.48. The lowest BCUT2D eigenvalue weighted by atomic mass is 10.1. The van der Waals surface area contributed by atoms with Gasteiger partial charge in [0.2, 0.25) is 6.79 Å². The molecule has 1 aromatic rings. The van der Waals surface area contributed by atoms with E-state index in [4.69, 9.17) is 14.7 Å². The van der Waals surface area contributed by atoms with Crippen molar-refractivity contribution in [2.75, 3.05) is 6.79 Å². The lowest BCUT2D eigenvalue weighted by molar-refractivity contribution is 0.173. The number of hydrogen-bond donors (Lipinski definition) is 1. The van der Waals surface area contributed by atoms with Crippen molar-refractivity contribution in [1.82, 2.24) is 5.32 Å². The van der Waals surface area contributed by atoms with Gasteiger partial charge in [-0.05, 0) is 13.0 Å². The molecule has 4 heteroatoms. The second kappa shape index (κ2) is 4.86. The summed E-state index contributed by atoms with van der Waals surface area (Å²) >= 11 is 0. The Morgan fingerprint density at radius 2 is 2.38 bits per heavy atom. The molecule has 4 nitrogen and oxygen atoms in total. The van der Waals surface area contributed by atoms with Crippen LogP contribution in [0.1, 0.15) is 18.9 Å². The van der Waals surface area contributed by atoms with Crippen LogP contribution in [0, 0.1) is 11.3 Å². The van der Waals surface area contributed by atoms with Gasteiger partial charge in [-0.3, -0.25) is 0 Å². The molecule has 1 N–H and O–H groups in total. The van der Waals surface area contributed by atoms with Gasteiger partial charge in [-0.25, -0.2) is 0 Å². The molecule has 0 saturated heterocycles. The molecular formula is C12H14N2O2. The van der Waals surface area contributed by atoms with Crippen LogP contribution in [0.5, 0.6) is 11.5 Å². The van der Waals surface area contributed by atoms with Gasteiger partial charge in [0.1, 0.15) is 0 Å². The summed E-state index contributed by atoms with van der Waals surface area (Å²) in [5.41, 5.74) is 1.07. The first-order chi connectivity index (χ1) is 7.81. The molecule has 0 spiro atoms. The Kier molecular flexibility index (Phi) is 3.28. The third kappa shape index (κ3) is 2.26. The molecular weight excluding hydrogens is 204 g/mol. The Morgan fingerprint density at radius 1 is 1.50 bits per heavy atom. The number of para-hydroxylation sites is 1. The van der Waals surface area contributed by atoms with E-state index in [2.05, 4.69) is 11.4 Å². The third-order valence-electron chi connectivity index (χ3n) is 2.52. The van der Waals surface area contributed by atoms with E-state index in [-0.39, 0.29) is 6.04 Å². The zero-order valence-electron chi connectivity index (χ0n) is 9.19. The quantitative estimate of drug-likeness (QED) is 0.837. The van der Waals surface area contributed by atoms with E-state index in [1.807, 2.05) is 25.1 Å². The summed E-state index contributed by atoms with van der Waals surface area (Å²) < 4.78 is 10.7. The Labute approximate surface area is 94.8 Å². The summed E-state index contributed by atoms with van der Waals surface area (Å²) in [6.07, 6.45) is 0.506. The highest BCUT2D eigenvalue weighted by atomic mass is 16.7. The van der Waals surface area contributed by atoms with Crippen LogP contribution in [-0.2, 0) is 6.54 Å². The van der Waals surface area contributed by atoms with Crippen LogP contribution in [0.25, 0.3) is 0 Å². The number of fused-ring (bicyclic) bond motifs is 1. The number of benzene rings is 1. The van der Waals surface area contributed by atoms with Gasteiger partial charge >= 0.3 is 0 Å². The molecule has 1 aromatic carbocycles. The summed E-state index contributed by atoms with van der Waals surface area (Å²) in [5, 5.41) is 11.8. The zero-order valence-corrected chi connectivity index (χ0v) is 9.19. The average Bonchev–Trinajstić information content (AvgIpc) is 2.75. The van der Waals surface area contributed by atoms with Gasteiger partial charge in [-0.15, -0.1) is 0 Å². The molecule has 1 heterocycles. The summed E-state index contributed by atoms with van der Waals surface area (Å²) in [6, 6.07) is 8.16. The van der Waals surface area contributed by atoms with E-state index in [9.17, 15) is 0 Å². The van der Waals surface area contributed by atoms with Gasteiger partial charge in [0.25, 0.3) is 0 Å². The lowest BCUT2D eigenvalue weighted by Crippen LogP contribution is -2.24. The van der Waals surface area contributed by atoms with E-state index in [1.165, 1.54) is 0 Å². The van der Waals surface area contributed by atoms with Crippen LogP contribution in [0.4, 0.5) is 0 Å². The second-order valence-corrected chi connectivity index (χ2v) is 3.80. The topological polar surface area (TPSA) is 54.3 Å². The molecule has 0 radical (unpaired) electrons. The fourth-order valence-corrected chi connectivity index (χ4v) is 1.62. The summed E-state index contributed by atoms with van der Waals surface area (Å²) in [6.45, 7) is 2.97. The van der Waals surface area contributed by atoms with Crippen LogP contribution < -0.4 is 14.8 Å². The van der Waals surface area contributed by atoms with E-state index in [1.54, 1.807) is 0 Å². The molecule has 84 valence electrons. The van der Waals surface area contributed by atoms with Crippen molar-refractivity contribution < 1.29 is 9.47 Å². The van der Waals surface area contributed by atoms with E-state index >= 15 is 0 Å². The van der Waals surface area contributed by atoms with Crippen LogP contribution in [0.2, 0.25) is 0 Å². The minimum atomic E-state index is 0.183. The summed E-state index contributed by atoms with van der Waals surface area (Å²) in [4.78, 5) is 0. The van der Waals surface area contributed by atoms with Crippen LogP contribution in [-0.4, -0.2) is 12.8 Å². The van der Waals surface area contributed by atoms with Gasteiger partial charge in [0, 0.05) is 18.2 Å². The third-order valence-corrected chi connectivity index (χ3v) is 2.52. The van der Waals surface area contributed by atoms with E-state index in [0.717, 1.165) is 17.1 Å². The van der Waals surface area contributed by atoms with Gasteiger partial charge in [0.15, 0.2) is 11.5 Å². The molecule has 1 aliphatic rings. The zero-order chi connectivity index (χ0) is 11.4. The molecule has 16 heavy (non-hydrogen) atoms. The molecule has 1 aliphatic heterocycles. The number of ether oxygens (including phenoxy) is 2. The van der Waals surface area contributed by atoms with E-state index < -0.39 is 0 Å². The van der Waals surface area contributed by atoms with Crippen LogP contribution in [0.3, 0.4) is 0 Å². The molecule has 0 saturated carbocycles. The molecule has 0 amide bonds. The second-order valence-electron chi connectivity index (χ2n) is 3.80. The number of rotatable bonds is 4. The molecule has 0 aliphatic carbocycles. The number of nitrogens with one attached hydrogen (secondary N) is 1. The summed E-state index contributed by atoms with van der Waals surface area (Å²) in [7, 11) is 0. The average molecular weight is 218 g/mol. The minimum absolute atomic E-state index is 0.183. The van der Waals surface area contributed by atoms with E-state index in [0.29, 0.717) is 19.8 Å². The van der Waals surface area contributed by atoms with Gasteiger partial charge in [0.05, 0.1) is 12.5 Å². The first-order valence-electron chi connectivity index (χ1n) is 5.29. The normalized spacial score (nSPS) is 14.5. The fourth-order valence-electron chi connectivity index (χ4n) is 1.62. The molecule has 2 rings (SSSR count). The molecule has 0 aromatic heterocycles. The van der Waals surface area contributed by atoms with Crippen molar-refractivity contribution in [3.8, 4) is 17.6 Å².